The molecule has 1 aliphatic rings. The molecule has 0 saturated heterocycles. The SMILES string of the molecule is Cc1ccc(S(=O)(=O)NCCNC(=O)C(CC(C)C)N2C(=O)c3ccccc3C2=O)cc1. The van der Waals surface area contributed by atoms with Gasteiger partial charge in [-0.25, -0.2) is 13.1 Å². The molecule has 0 spiro atoms. The Morgan fingerprint density at radius 3 is 2.03 bits per heavy atom. The van der Waals surface area contributed by atoms with Crippen molar-refractivity contribution in [3.8, 4) is 0 Å². The highest BCUT2D eigenvalue weighted by molar-refractivity contribution is 7.89. The molecule has 9 heteroatoms. The summed E-state index contributed by atoms with van der Waals surface area (Å²) in [6.07, 6.45) is 0.298. The van der Waals surface area contributed by atoms with Crippen molar-refractivity contribution in [1.29, 1.82) is 0 Å². The normalized spacial score (nSPS) is 14.6. The van der Waals surface area contributed by atoms with Gasteiger partial charge in [0.25, 0.3) is 11.8 Å². The number of nitrogens with one attached hydrogen (secondary N) is 2. The second-order valence-corrected chi connectivity index (χ2v) is 9.94. The average molecular weight is 458 g/mol. The summed E-state index contributed by atoms with van der Waals surface area (Å²) in [6, 6.07) is 11.9. The van der Waals surface area contributed by atoms with E-state index < -0.39 is 33.8 Å². The van der Waals surface area contributed by atoms with Gasteiger partial charge in [-0.05, 0) is 43.5 Å². The van der Waals surface area contributed by atoms with Gasteiger partial charge >= 0.3 is 0 Å². The van der Waals surface area contributed by atoms with E-state index in [4.69, 9.17) is 0 Å². The number of imide groups is 1. The van der Waals surface area contributed by atoms with E-state index in [0.29, 0.717) is 6.42 Å². The number of rotatable bonds is 9. The summed E-state index contributed by atoms with van der Waals surface area (Å²) in [6.45, 7) is 5.64. The Labute approximate surface area is 188 Å². The summed E-state index contributed by atoms with van der Waals surface area (Å²) < 4.78 is 27.2. The fraction of sp³-hybridized carbons (Fsp3) is 0.348. The summed E-state index contributed by atoms with van der Waals surface area (Å²) in [5, 5.41) is 2.65. The molecule has 1 aliphatic heterocycles. The Morgan fingerprint density at radius 2 is 1.50 bits per heavy atom. The predicted octanol–water partition coefficient (Wildman–Crippen LogP) is 2.10. The summed E-state index contributed by atoms with van der Waals surface area (Å²) in [5.74, 6) is -1.43. The number of carbonyl (C=O) groups is 3. The number of amides is 3. The van der Waals surface area contributed by atoms with Crippen molar-refractivity contribution in [3.63, 3.8) is 0 Å². The molecule has 2 N–H and O–H groups in total. The quantitative estimate of drug-likeness (QED) is 0.442. The van der Waals surface area contributed by atoms with Crippen molar-refractivity contribution < 1.29 is 22.8 Å². The number of nitrogens with zero attached hydrogens (tertiary/aromatic N) is 1. The molecule has 0 aromatic heterocycles. The summed E-state index contributed by atoms with van der Waals surface area (Å²) in [5.41, 5.74) is 1.51. The number of aryl methyl sites for hydroxylation is 1. The predicted molar refractivity (Wildman–Crippen MR) is 120 cm³/mol. The monoisotopic (exact) mass is 457 g/mol. The highest BCUT2D eigenvalue weighted by atomic mass is 32.2. The van der Waals surface area contributed by atoms with Crippen LogP contribution in [0.25, 0.3) is 0 Å². The van der Waals surface area contributed by atoms with Gasteiger partial charge in [0.2, 0.25) is 15.9 Å². The minimum Gasteiger partial charge on any atom is -0.353 e. The summed E-state index contributed by atoms with van der Waals surface area (Å²) >= 11 is 0. The molecule has 0 radical (unpaired) electrons. The van der Waals surface area contributed by atoms with Crippen LogP contribution in [0.15, 0.2) is 53.4 Å². The van der Waals surface area contributed by atoms with E-state index in [2.05, 4.69) is 10.0 Å². The third-order valence-electron chi connectivity index (χ3n) is 5.18. The fourth-order valence-electron chi connectivity index (χ4n) is 3.56. The topological polar surface area (TPSA) is 113 Å². The number of fused-ring (bicyclic) bond motifs is 1. The second-order valence-electron chi connectivity index (χ2n) is 8.17. The molecule has 8 nitrogen and oxygen atoms in total. The zero-order chi connectivity index (χ0) is 23.5. The highest BCUT2D eigenvalue weighted by Crippen LogP contribution is 2.27. The molecule has 170 valence electrons. The van der Waals surface area contributed by atoms with E-state index >= 15 is 0 Å². The maximum absolute atomic E-state index is 12.9. The molecule has 3 amide bonds. The minimum absolute atomic E-state index is 0.0156. The van der Waals surface area contributed by atoms with Gasteiger partial charge in [0.05, 0.1) is 16.0 Å². The Kier molecular flexibility index (Phi) is 7.10. The summed E-state index contributed by atoms with van der Waals surface area (Å²) in [4.78, 5) is 39.7. The lowest BCUT2D eigenvalue weighted by Gasteiger charge is -2.26. The highest BCUT2D eigenvalue weighted by Gasteiger charge is 2.42. The Morgan fingerprint density at radius 1 is 0.938 bits per heavy atom. The van der Waals surface area contributed by atoms with Crippen LogP contribution in [0.5, 0.6) is 0 Å². The molecule has 0 saturated carbocycles. The van der Waals surface area contributed by atoms with Gasteiger partial charge in [-0.15, -0.1) is 0 Å². The largest absolute Gasteiger partial charge is 0.353 e. The number of hydrogen-bond acceptors (Lipinski definition) is 5. The fourth-order valence-corrected chi connectivity index (χ4v) is 4.59. The van der Waals surface area contributed by atoms with Crippen LogP contribution in [0.1, 0.15) is 46.5 Å². The molecule has 1 atom stereocenters. The number of benzene rings is 2. The molecule has 3 rings (SSSR count). The van der Waals surface area contributed by atoms with Crippen molar-refractivity contribution in [2.24, 2.45) is 5.92 Å². The average Bonchev–Trinajstić information content (AvgIpc) is 3.00. The Bertz CT molecular complexity index is 1090. The van der Waals surface area contributed by atoms with Crippen LogP contribution in [-0.2, 0) is 14.8 Å². The second kappa shape index (κ2) is 9.62. The van der Waals surface area contributed by atoms with Crippen LogP contribution in [-0.4, -0.2) is 50.2 Å². The van der Waals surface area contributed by atoms with Crippen LogP contribution < -0.4 is 10.0 Å². The Balaban J connectivity index is 1.64. The molecule has 0 fully saturated rings. The van der Waals surface area contributed by atoms with Gasteiger partial charge in [-0.2, -0.15) is 0 Å². The molecule has 1 unspecified atom stereocenters. The van der Waals surface area contributed by atoms with Crippen molar-refractivity contribution in [3.05, 3.63) is 65.2 Å². The Hall–Kier alpha value is -3.04. The first kappa shape index (κ1) is 23.6. The first-order valence-corrected chi connectivity index (χ1v) is 11.9. The van der Waals surface area contributed by atoms with Crippen LogP contribution in [0, 0.1) is 12.8 Å². The van der Waals surface area contributed by atoms with Gasteiger partial charge < -0.3 is 5.32 Å². The van der Waals surface area contributed by atoms with Crippen molar-refractivity contribution >= 4 is 27.7 Å². The molecule has 32 heavy (non-hydrogen) atoms. The molecule has 2 aromatic carbocycles. The van der Waals surface area contributed by atoms with Crippen molar-refractivity contribution in [1.82, 2.24) is 14.9 Å². The number of hydrogen-bond donors (Lipinski definition) is 2. The van der Waals surface area contributed by atoms with E-state index in [1.54, 1.807) is 36.4 Å². The molecular weight excluding hydrogens is 430 g/mol. The first-order valence-electron chi connectivity index (χ1n) is 10.4. The molecule has 2 aromatic rings. The van der Waals surface area contributed by atoms with E-state index in [0.717, 1.165) is 10.5 Å². The third kappa shape index (κ3) is 5.05. The van der Waals surface area contributed by atoms with Crippen LogP contribution >= 0.6 is 0 Å². The standard InChI is InChI=1S/C23H27N3O5S/c1-15(2)14-20(26-22(28)18-6-4-5-7-19(18)23(26)29)21(27)24-12-13-25-32(30,31)17-10-8-16(3)9-11-17/h4-11,15,20,25H,12-14H2,1-3H3,(H,24,27). The first-order chi connectivity index (χ1) is 15.1. The maximum Gasteiger partial charge on any atom is 0.262 e. The van der Waals surface area contributed by atoms with Gasteiger partial charge in [0.1, 0.15) is 6.04 Å². The van der Waals surface area contributed by atoms with Crippen molar-refractivity contribution in [2.45, 2.75) is 38.1 Å². The van der Waals surface area contributed by atoms with E-state index in [-0.39, 0.29) is 35.0 Å². The van der Waals surface area contributed by atoms with E-state index in [1.807, 2.05) is 20.8 Å². The van der Waals surface area contributed by atoms with Crippen molar-refractivity contribution in [2.75, 3.05) is 13.1 Å². The molecule has 0 bridgehead atoms. The lowest BCUT2D eigenvalue weighted by molar-refractivity contribution is -0.125. The molecule has 1 heterocycles. The zero-order valence-corrected chi connectivity index (χ0v) is 19.1. The smallest absolute Gasteiger partial charge is 0.262 e. The van der Waals surface area contributed by atoms with E-state index in [1.165, 1.54) is 12.1 Å². The van der Waals surface area contributed by atoms with Crippen LogP contribution in [0.3, 0.4) is 0 Å². The van der Waals surface area contributed by atoms with Crippen LogP contribution in [0.2, 0.25) is 0 Å². The zero-order valence-electron chi connectivity index (χ0n) is 18.3. The third-order valence-corrected chi connectivity index (χ3v) is 6.66. The lowest BCUT2D eigenvalue weighted by Crippen LogP contribution is -2.51. The van der Waals surface area contributed by atoms with Gasteiger partial charge in [-0.3, -0.25) is 19.3 Å². The van der Waals surface area contributed by atoms with Gasteiger partial charge in [0.15, 0.2) is 0 Å². The van der Waals surface area contributed by atoms with E-state index in [9.17, 15) is 22.8 Å². The van der Waals surface area contributed by atoms with Gasteiger partial charge in [0, 0.05) is 13.1 Å². The lowest BCUT2D eigenvalue weighted by atomic mass is 10.0. The number of carbonyl (C=O) groups excluding carboxylic acids is 3. The summed E-state index contributed by atoms with van der Waals surface area (Å²) in [7, 11) is -3.70. The number of sulfonamides is 1. The van der Waals surface area contributed by atoms with Crippen LogP contribution in [0.4, 0.5) is 0 Å². The van der Waals surface area contributed by atoms with Gasteiger partial charge in [-0.1, -0.05) is 43.7 Å². The molecular formula is C23H27N3O5S. The molecule has 0 aliphatic carbocycles. The maximum atomic E-state index is 12.9. The minimum atomic E-state index is -3.70.